The van der Waals surface area contributed by atoms with E-state index in [2.05, 4.69) is 0 Å². The lowest BCUT2D eigenvalue weighted by Crippen LogP contribution is -2.50. The molecule has 0 radical (unpaired) electrons. The maximum absolute atomic E-state index is 13.4. The van der Waals surface area contributed by atoms with Gasteiger partial charge < -0.3 is 0 Å². The number of alkyl halides is 3. The number of hydrazine groups is 1. The maximum Gasteiger partial charge on any atom is 0.473 e. The fraction of sp³-hybridized carbons (Fsp3) is 0.250. The van der Waals surface area contributed by atoms with Gasteiger partial charge in [-0.1, -0.05) is 49.4 Å². The Balaban J connectivity index is 2.17. The van der Waals surface area contributed by atoms with Crippen LogP contribution in [0, 0.1) is 5.92 Å². The van der Waals surface area contributed by atoms with E-state index in [-0.39, 0.29) is 5.92 Å². The molecule has 1 amide bonds. The molecule has 26 heavy (non-hydrogen) atoms. The highest BCUT2D eigenvalue weighted by atomic mass is 19.4. The Hall–Kier alpha value is -2.76. The van der Waals surface area contributed by atoms with Gasteiger partial charge in [0.05, 0.1) is 11.4 Å². The van der Waals surface area contributed by atoms with Gasteiger partial charge in [-0.3, -0.25) is 4.79 Å². The van der Waals surface area contributed by atoms with Gasteiger partial charge in [-0.15, -0.1) is 0 Å². The van der Waals surface area contributed by atoms with Crippen molar-refractivity contribution in [3.63, 3.8) is 0 Å². The van der Waals surface area contributed by atoms with Crippen molar-refractivity contribution < 1.29 is 18.0 Å². The highest BCUT2D eigenvalue weighted by Crippen LogP contribution is 2.38. The van der Waals surface area contributed by atoms with Crippen LogP contribution in [0.2, 0.25) is 0 Å². The average molecular weight is 360 g/mol. The molecule has 0 N–H and O–H groups in total. The lowest BCUT2D eigenvalue weighted by Gasteiger charge is -2.38. The smallest absolute Gasteiger partial charge is 0.262 e. The maximum atomic E-state index is 13.4. The number of nitrogens with zero attached hydrogens (tertiary/aromatic N) is 2. The third-order valence-electron chi connectivity index (χ3n) is 4.34. The molecule has 0 saturated heterocycles. The van der Waals surface area contributed by atoms with Crippen LogP contribution in [0.3, 0.4) is 0 Å². The molecule has 2 aromatic carbocycles. The highest BCUT2D eigenvalue weighted by molar-refractivity contribution is 5.87. The Bertz CT molecular complexity index is 748. The van der Waals surface area contributed by atoms with Crippen LogP contribution in [-0.4, -0.2) is 17.1 Å². The molecule has 136 valence electrons. The summed E-state index contributed by atoms with van der Waals surface area (Å²) in [6, 6.07) is 17.2. The molecule has 0 aliphatic heterocycles. The third-order valence-corrected chi connectivity index (χ3v) is 4.34. The normalized spacial score (nSPS) is 16.9. The summed E-state index contributed by atoms with van der Waals surface area (Å²) in [5.74, 6) is -2.04. The molecule has 1 aliphatic carbocycles. The number of halogens is 3. The molecular weight excluding hydrogens is 341 g/mol. The second-order valence-electron chi connectivity index (χ2n) is 6.21. The van der Waals surface area contributed by atoms with Gasteiger partial charge in [0.2, 0.25) is 0 Å². The average Bonchev–Trinajstić information content (AvgIpc) is 3.05. The third kappa shape index (κ3) is 3.59. The molecule has 0 fully saturated rings. The van der Waals surface area contributed by atoms with Gasteiger partial charge in [-0.2, -0.15) is 13.2 Å². The van der Waals surface area contributed by atoms with Crippen molar-refractivity contribution in [2.24, 2.45) is 5.92 Å². The molecule has 1 unspecified atom stereocenters. The van der Waals surface area contributed by atoms with Crippen LogP contribution >= 0.6 is 0 Å². The number of allylic oxidation sites excluding steroid dienone is 2. The second kappa shape index (κ2) is 7.23. The zero-order valence-electron chi connectivity index (χ0n) is 14.3. The molecule has 1 aliphatic rings. The van der Waals surface area contributed by atoms with Gasteiger partial charge in [0.25, 0.3) is 0 Å². The molecular formula is C20H19F3N2O. The van der Waals surface area contributed by atoms with E-state index in [4.69, 9.17) is 0 Å². The van der Waals surface area contributed by atoms with Crippen LogP contribution in [0.15, 0.2) is 72.4 Å². The first-order valence-electron chi connectivity index (χ1n) is 8.41. The number of hydrogen-bond acceptors (Lipinski definition) is 2. The quantitative estimate of drug-likeness (QED) is 0.678. The van der Waals surface area contributed by atoms with Gasteiger partial charge in [0.1, 0.15) is 0 Å². The molecule has 3 nitrogen and oxygen atoms in total. The van der Waals surface area contributed by atoms with E-state index in [0.717, 1.165) is 5.01 Å². The summed E-state index contributed by atoms with van der Waals surface area (Å²) < 4.78 is 40.3. The van der Waals surface area contributed by atoms with Gasteiger partial charge >= 0.3 is 12.1 Å². The predicted octanol–water partition coefficient (Wildman–Crippen LogP) is 5.44. The number of carbonyl (C=O) groups is 1. The minimum absolute atomic E-state index is 0.142. The highest BCUT2D eigenvalue weighted by Gasteiger charge is 2.47. The topological polar surface area (TPSA) is 23.6 Å². The molecule has 0 aromatic heterocycles. The van der Waals surface area contributed by atoms with Crippen LogP contribution in [0.5, 0.6) is 0 Å². The summed E-state index contributed by atoms with van der Waals surface area (Å²) in [5, 5.41) is 2.12. The number of rotatable bonds is 4. The van der Waals surface area contributed by atoms with Crippen molar-refractivity contribution in [3.8, 4) is 0 Å². The second-order valence-corrected chi connectivity index (χ2v) is 6.21. The number of benzene rings is 2. The summed E-state index contributed by atoms with van der Waals surface area (Å²) in [7, 11) is 0. The van der Waals surface area contributed by atoms with Crippen molar-refractivity contribution in [3.05, 3.63) is 72.4 Å². The summed E-state index contributed by atoms with van der Waals surface area (Å²) in [4.78, 5) is 12.4. The Morgan fingerprint density at radius 3 is 1.85 bits per heavy atom. The Kier molecular flexibility index (Phi) is 5.02. The van der Waals surface area contributed by atoms with Crippen LogP contribution in [0.4, 0.5) is 24.5 Å². The number of hydrogen-bond donors (Lipinski definition) is 0. The Labute approximate surface area is 150 Å². The van der Waals surface area contributed by atoms with Crippen molar-refractivity contribution in [2.45, 2.75) is 25.9 Å². The molecule has 0 spiro atoms. The van der Waals surface area contributed by atoms with E-state index in [1.54, 1.807) is 66.7 Å². The van der Waals surface area contributed by atoms with Crippen molar-refractivity contribution in [1.29, 1.82) is 0 Å². The zero-order valence-corrected chi connectivity index (χ0v) is 14.3. The van der Waals surface area contributed by atoms with Crippen LogP contribution in [0.1, 0.15) is 19.8 Å². The number of para-hydroxylation sites is 2. The van der Waals surface area contributed by atoms with Gasteiger partial charge in [0, 0.05) is 5.70 Å². The van der Waals surface area contributed by atoms with E-state index in [1.165, 1.54) is 5.01 Å². The fourth-order valence-corrected chi connectivity index (χ4v) is 3.09. The van der Waals surface area contributed by atoms with Crippen LogP contribution in [-0.2, 0) is 4.79 Å². The summed E-state index contributed by atoms with van der Waals surface area (Å²) in [6.07, 6.45) is -1.90. The molecule has 6 heteroatoms. The SMILES string of the molecule is CC1CCC=C1N(C(=O)C(F)(F)F)N(c1ccccc1)c1ccccc1. The molecule has 3 rings (SSSR count). The monoisotopic (exact) mass is 360 g/mol. The van der Waals surface area contributed by atoms with E-state index < -0.39 is 12.1 Å². The first-order valence-corrected chi connectivity index (χ1v) is 8.41. The summed E-state index contributed by atoms with van der Waals surface area (Å²) in [5.41, 5.74) is 1.34. The number of carbonyl (C=O) groups excluding carboxylic acids is 1. The largest absolute Gasteiger partial charge is 0.473 e. The Morgan fingerprint density at radius 2 is 1.46 bits per heavy atom. The summed E-state index contributed by atoms with van der Waals surface area (Å²) in [6.45, 7) is 1.84. The van der Waals surface area contributed by atoms with Crippen LogP contribution in [0.25, 0.3) is 0 Å². The standard InChI is InChI=1S/C20H19F3N2O/c1-15-9-8-14-18(15)25(19(26)20(21,22)23)24(16-10-4-2-5-11-16)17-12-6-3-7-13-17/h2-7,10-15H,8-9H2,1H3. The fourth-order valence-electron chi connectivity index (χ4n) is 3.09. The van der Waals surface area contributed by atoms with Crippen LogP contribution < -0.4 is 5.01 Å². The zero-order chi connectivity index (χ0) is 18.7. The van der Waals surface area contributed by atoms with Crippen molar-refractivity contribution >= 4 is 17.3 Å². The predicted molar refractivity (Wildman–Crippen MR) is 94.4 cm³/mol. The van der Waals surface area contributed by atoms with Gasteiger partial charge in [0.15, 0.2) is 0 Å². The van der Waals surface area contributed by atoms with Crippen molar-refractivity contribution in [2.75, 3.05) is 5.01 Å². The molecule has 0 heterocycles. The van der Waals surface area contributed by atoms with E-state index in [0.29, 0.717) is 29.9 Å². The first-order chi connectivity index (χ1) is 12.4. The van der Waals surface area contributed by atoms with Gasteiger partial charge in [-0.05, 0) is 43.0 Å². The summed E-state index contributed by atoms with van der Waals surface area (Å²) >= 11 is 0. The Morgan fingerprint density at radius 1 is 0.962 bits per heavy atom. The lowest BCUT2D eigenvalue weighted by molar-refractivity contribution is -0.183. The van der Waals surface area contributed by atoms with E-state index >= 15 is 0 Å². The molecule has 0 saturated carbocycles. The lowest BCUT2D eigenvalue weighted by atomic mass is 10.1. The number of anilines is 2. The van der Waals surface area contributed by atoms with E-state index in [1.807, 2.05) is 6.92 Å². The molecule has 1 atom stereocenters. The van der Waals surface area contributed by atoms with E-state index in [9.17, 15) is 18.0 Å². The number of amides is 1. The van der Waals surface area contributed by atoms with Crippen molar-refractivity contribution in [1.82, 2.24) is 5.01 Å². The van der Waals surface area contributed by atoms with Gasteiger partial charge in [-0.25, -0.2) is 10.0 Å². The first kappa shape index (κ1) is 18.0. The molecule has 2 aromatic rings. The molecule has 0 bridgehead atoms. The minimum atomic E-state index is -4.98. The minimum Gasteiger partial charge on any atom is -0.262 e.